The van der Waals surface area contributed by atoms with Gasteiger partial charge in [0.05, 0.1) is 13.2 Å². The molecule has 1 aromatic carbocycles. The molecule has 0 bridgehead atoms. The van der Waals surface area contributed by atoms with Gasteiger partial charge < -0.3 is 15.2 Å². The molecule has 0 aliphatic rings. The molecule has 0 aliphatic heterocycles. The average Bonchev–Trinajstić information content (AvgIpc) is 2.43. The quantitative estimate of drug-likeness (QED) is 0.782. The third kappa shape index (κ3) is 3.89. The van der Waals surface area contributed by atoms with Crippen molar-refractivity contribution in [3.8, 4) is 5.75 Å². The van der Waals surface area contributed by atoms with E-state index in [-0.39, 0.29) is 12.5 Å². The van der Waals surface area contributed by atoms with Crippen molar-refractivity contribution in [2.45, 2.75) is 20.0 Å². The van der Waals surface area contributed by atoms with Crippen LogP contribution in [0.1, 0.15) is 25.5 Å². The van der Waals surface area contributed by atoms with Gasteiger partial charge >= 0.3 is 0 Å². The Morgan fingerprint density at radius 1 is 1.44 bits per heavy atom. The largest absolute Gasteiger partial charge is 0.497 e. The van der Waals surface area contributed by atoms with E-state index < -0.39 is 6.10 Å². The minimum absolute atomic E-state index is 0.162. The highest BCUT2D eigenvalue weighted by atomic mass is 16.5. The topological polar surface area (TPSA) is 58.6 Å². The Kier molecular flexibility index (Phi) is 5.39. The summed E-state index contributed by atoms with van der Waals surface area (Å²) in [4.78, 5) is 11.5. The van der Waals surface area contributed by atoms with Gasteiger partial charge in [0.2, 0.25) is 5.91 Å². The number of allylic oxidation sites excluding steroid dienone is 1. The fourth-order valence-corrected chi connectivity index (χ4v) is 1.40. The second kappa shape index (κ2) is 6.81. The van der Waals surface area contributed by atoms with Gasteiger partial charge in [-0.15, -0.1) is 0 Å². The predicted molar refractivity (Wildman–Crippen MR) is 70.4 cm³/mol. The number of aliphatic hydroxyl groups is 1. The van der Waals surface area contributed by atoms with Gasteiger partial charge in [0.25, 0.3) is 0 Å². The number of nitrogens with one attached hydrogen (secondary N) is 1. The summed E-state index contributed by atoms with van der Waals surface area (Å²) in [6.07, 6.45) is 1.01. The zero-order valence-electron chi connectivity index (χ0n) is 10.9. The van der Waals surface area contributed by atoms with E-state index in [1.165, 1.54) is 0 Å². The minimum atomic E-state index is -0.718. The number of amides is 1. The lowest BCUT2D eigenvalue weighted by Gasteiger charge is -2.12. The number of methoxy groups -OCH3 is 1. The first-order valence-electron chi connectivity index (χ1n) is 5.81. The normalized spacial score (nSPS) is 13.0. The van der Waals surface area contributed by atoms with Crippen LogP contribution in [0.4, 0.5) is 0 Å². The van der Waals surface area contributed by atoms with Gasteiger partial charge in [-0.05, 0) is 31.5 Å². The van der Waals surface area contributed by atoms with Crippen LogP contribution in [0.15, 0.2) is 35.9 Å². The molecule has 1 aromatic rings. The van der Waals surface area contributed by atoms with Crippen molar-refractivity contribution in [2.75, 3.05) is 13.7 Å². The molecule has 0 heterocycles. The molecule has 2 N–H and O–H groups in total. The third-order valence-corrected chi connectivity index (χ3v) is 2.75. The molecule has 0 fully saturated rings. The van der Waals surface area contributed by atoms with Crippen molar-refractivity contribution in [1.82, 2.24) is 5.32 Å². The zero-order chi connectivity index (χ0) is 13.5. The number of rotatable bonds is 5. The van der Waals surface area contributed by atoms with Gasteiger partial charge in [0.1, 0.15) is 5.75 Å². The van der Waals surface area contributed by atoms with Crippen molar-refractivity contribution in [2.24, 2.45) is 0 Å². The Hall–Kier alpha value is -1.81. The average molecular weight is 249 g/mol. The third-order valence-electron chi connectivity index (χ3n) is 2.75. The van der Waals surface area contributed by atoms with Crippen LogP contribution in [0.25, 0.3) is 0 Å². The molecule has 0 spiro atoms. The van der Waals surface area contributed by atoms with Gasteiger partial charge in [0, 0.05) is 12.1 Å². The molecule has 4 heteroatoms. The molecule has 1 rings (SSSR count). The summed E-state index contributed by atoms with van der Waals surface area (Å²) >= 11 is 0. The smallest absolute Gasteiger partial charge is 0.246 e. The van der Waals surface area contributed by atoms with E-state index in [2.05, 4.69) is 5.32 Å². The first-order valence-corrected chi connectivity index (χ1v) is 5.81. The van der Waals surface area contributed by atoms with Crippen LogP contribution in [-0.2, 0) is 4.79 Å². The van der Waals surface area contributed by atoms with Crippen molar-refractivity contribution in [3.05, 3.63) is 41.5 Å². The fraction of sp³-hybridized carbons (Fsp3) is 0.357. The molecule has 4 nitrogen and oxygen atoms in total. The van der Waals surface area contributed by atoms with Gasteiger partial charge in [0.15, 0.2) is 0 Å². The molecule has 0 saturated carbocycles. The molecule has 1 atom stereocenters. The maximum Gasteiger partial charge on any atom is 0.246 e. The molecule has 0 radical (unpaired) electrons. The van der Waals surface area contributed by atoms with Crippen molar-refractivity contribution < 1.29 is 14.6 Å². The number of ether oxygens (including phenoxy) is 1. The van der Waals surface area contributed by atoms with Crippen LogP contribution >= 0.6 is 0 Å². The maximum absolute atomic E-state index is 11.5. The molecular weight excluding hydrogens is 230 g/mol. The van der Waals surface area contributed by atoms with Crippen molar-refractivity contribution in [3.63, 3.8) is 0 Å². The molecule has 0 saturated heterocycles. The second-order valence-electron chi connectivity index (χ2n) is 3.97. The number of benzene rings is 1. The molecular formula is C14H19NO3. The molecule has 1 unspecified atom stereocenters. The standard InChI is InChI=1S/C14H19NO3/c1-4-10(2)14(17)15-9-13(16)11-5-7-12(18-3)8-6-11/h4-8,13,16H,9H2,1-3H3,(H,15,17)/b10-4+. The van der Waals surface area contributed by atoms with Crippen LogP contribution in [0.2, 0.25) is 0 Å². The van der Waals surface area contributed by atoms with E-state index in [4.69, 9.17) is 4.74 Å². The first kappa shape index (κ1) is 14.3. The number of hydrogen-bond donors (Lipinski definition) is 2. The summed E-state index contributed by atoms with van der Waals surface area (Å²) in [5, 5.41) is 12.6. The highest BCUT2D eigenvalue weighted by Gasteiger charge is 2.10. The van der Waals surface area contributed by atoms with Crippen LogP contribution in [0.3, 0.4) is 0 Å². The molecule has 18 heavy (non-hydrogen) atoms. The van der Waals surface area contributed by atoms with Crippen molar-refractivity contribution in [1.29, 1.82) is 0 Å². The van der Waals surface area contributed by atoms with E-state index >= 15 is 0 Å². The maximum atomic E-state index is 11.5. The van der Waals surface area contributed by atoms with Crippen LogP contribution in [0.5, 0.6) is 5.75 Å². The molecule has 98 valence electrons. The van der Waals surface area contributed by atoms with Crippen LogP contribution in [0, 0.1) is 0 Å². The predicted octanol–water partition coefficient (Wildman–Crippen LogP) is 1.81. The highest BCUT2D eigenvalue weighted by molar-refractivity contribution is 5.92. The summed E-state index contributed by atoms with van der Waals surface area (Å²) < 4.78 is 5.03. The summed E-state index contributed by atoms with van der Waals surface area (Å²) in [6.45, 7) is 3.72. The lowest BCUT2D eigenvalue weighted by molar-refractivity contribution is -0.117. The van der Waals surface area contributed by atoms with Gasteiger partial charge in [-0.25, -0.2) is 0 Å². The zero-order valence-corrected chi connectivity index (χ0v) is 10.9. The summed E-state index contributed by atoms with van der Waals surface area (Å²) in [7, 11) is 1.59. The lowest BCUT2D eigenvalue weighted by Crippen LogP contribution is -2.28. The first-order chi connectivity index (χ1) is 8.58. The van der Waals surface area contributed by atoms with Crippen LogP contribution in [-0.4, -0.2) is 24.7 Å². The fourth-order valence-electron chi connectivity index (χ4n) is 1.40. The van der Waals surface area contributed by atoms with E-state index in [9.17, 15) is 9.90 Å². The number of aliphatic hydroxyl groups excluding tert-OH is 1. The lowest BCUT2D eigenvalue weighted by atomic mass is 10.1. The Labute approximate surface area is 107 Å². The number of carbonyl (C=O) groups excluding carboxylic acids is 1. The van der Waals surface area contributed by atoms with Gasteiger partial charge in [-0.2, -0.15) is 0 Å². The Morgan fingerprint density at radius 2 is 2.06 bits per heavy atom. The summed E-state index contributed by atoms with van der Waals surface area (Å²) in [5.41, 5.74) is 1.38. The monoisotopic (exact) mass is 249 g/mol. The second-order valence-corrected chi connectivity index (χ2v) is 3.97. The van der Waals surface area contributed by atoms with Crippen LogP contribution < -0.4 is 10.1 Å². The SMILES string of the molecule is C/C=C(\C)C(=O)NCC(O)c1ccc(OC)cc1. The van der Waals surface area contributed by atoms with Gasteiger partial charge in [-0.1, -0.05) is 18.2 Å². The van der Waals surface area contributed by atoms with E-state index in [0.717, 1.165) is 11.3 Å². The van der Waals surface area contributed by atoms with Crippen molar-refractivity contribution >= 4 is 5.91 Å². The molecule has 0 aliphatic carbocycles. The molecule has 0 aromatic heterocycles. The summed E-state index contributed by atoms with van der Waals surface area (Å²) in [5.74, 6) is 0.574. The van der Waals surface area contributed by atoms with Gasteiger partial charge in [-0.3, -0.25) is 4.79 Å². The summed E-state index contributed by atoms with van der Waals surface area (Å²) in [6, 6.07) is 7.10. The Bertz CT molecular complexity index is 423. The van der Waals surface area contributed by atoms with E-state index in [1.807, 2.05) is 0 Å². The molecule has 1 amide bonds. The van der Waals surface area contributed by atoms with E-state index in [1.54, 1.807) is 51.3 Å². The van der Waals surface area contributed by atoms with E-state index in [0.29, 0.717) is 5.57 Å². The Morgan fingerprint density at radius 3 is 2.56 bits per heavy atom. The number of hydrogen-bond acceptors (Lipinski definition) is 3. The number of carbonyl (C=O) groups is 1. The Balaban J connectivity index is 2.54. The highest BCUT2D eigenvalue weighted by Crippen LogP contribution is 2.16. The minimum Gasteiger partial charge on any atom is -0.497 e.